The van der Waals surface area contributed by atoms with E-state index in [4.69, 9.17) is 4.74 Å². The van der Waals surface area contributed by atoms with Gasteiger partial charge in [-0.3, -0.25) is 0 Å². The zero-order chi connectivity index (χ0) is 13.8. The molecule has 2 N–H and O–H groups in total. The number of rotatable bonds is 4. The number of nitrogens with one attached hydrogen (secondary N) is 2. The Hall–Kier alpha value is -1.68. The molecule has 0 spiro atoms. The number of allylic oxidation sites excluding steroid dienone is 1. The van der Waals surface area contributed by atoms with E-state index < -0.39 is 0 Å². The highest BCUT2D eigenvalue weighted by molar-refractivity contribution is 9.11. The van der Waals surface area contributed by atoms with Crippen LogP contribution in [0, 0.1) is 0 Å². The Kier molecular flexibility index (Phi) is 4.32. The van der Waals surface area contributed by atoms with Crippen LogP contribution in [0.4, 0.5) is 5.82 Å². The third-order valence-electron chi connectivity index (χ3n) is 2.91. The van der Waals surface area contributed by atoms with Crippen molar-refractivity contribution in [3.63, 3.8) is 0 Å². The minimum atomic E-state index is 0.867. The van der Waals surface area contributed by atoms with Crippen LogP contribution in [-0.4, -0.2) is 19.1 Å². The van der Waals surface area contributed by atoms with Gasteiger partial charge in [-0.25, -0.2) is 0 Å². The molecule has 0 amide bonds. The van der Waals surface area contributed by atoms with E-state index in [9.17, 15) is 0 Å². The SMILES string of the molecule is CNc1[nH]cc(-c2ccccc2OC)c1/C=C(\C)Br. The normalized spacial score (nSPS) is 11.5. The van der Waals surface area contributed by atoms with Crippen LogP contribution in [0.3, 0.4) is 0 Å². The summed E-state index contributed by atoms with van der Waals surface area (Å²) in [7, 11) is 3.59. The van der Waals surface area contributed by atoms with Crippen LogP contribution in [0.25, 0.3) is 17.2 Å². The molecule has 0 unspecified atom stereocenters. The van der Waals surface area contributed by atoms with Crippen molar-refractivity contribution in [2.45, 2.75) is 6.92 Å². The molecule has 0 aliphatic heterocycles. The summed E-state index contributed by atoms with van der Waals surface area (Å²) in [5, 5.41) is 3.17. The summed E-state index contributed by atoms with van der Waals surface area (Å²) in [4.78, 5) is 3.25. The van der Waals surface area contributed by atoms with Gasteiger partial charge < -0.3 is 15.0 Å². The predicted molar refractivity (Wildman–Crippen MR) is 84.9 cm³/mol. The summed E-state index contributed by atoms with van der Waals surface area (Å²) in [5.74, 6) is 1.85. The number of halogens is 1. The van der Waals surface area contributed by atoms with Crippen LogP contribution in [0.5, 0.6) is 5.75 Å². The summed E-state index contributed by atoms with van der Waals surface area (Å²) >= 11 is 3.49. The predicted octanol–water partition coefficient (Wildman–Crippen LogP) is 4.49. The molecule has 0 bridgehead atoms. The van der Waals surface area contributed by atoms with Crippen molar-refractivity contribution in [1.29, 1.82) is 0 Å². The third-order valence-corrected chi connectivity index (χ3v) is 3.14. The minimum Gasteiger partial charge on any atom is -0.496 e. The van der Waals surface area contributed by atoms with E-state index in [1.165, 1.54) is 0 Å². The zero-order valence-electron chi connectivity index (χ0n) is 11.3. The number of anilines is 1. The summed E-state index contributed by atoms with van der Waals surface area (Å²) in [6.45, 7) is 2.01. The summed E-state index contributed by atoms with van der Waals surface area (Å²) in [6, 6.07) is 8.01. The second kappa shape index (κ2) is 5.97. The number of benzene rings is 1. The first kappa shape index (κ1) is 13.7. The van der Waals surface area contributed by atoms with Gasteiger partial charge in [0.2, 0.25) is 0 Å². The molecule has 1 heterocycles. The molecule has 3 nitrogen and oxygen atoms in total. The molecular weight excluding hydrogens is 304 g/mol. The molecule has 19 heavy (non-hydrogen) atoms. The highest BCUT2D eigenvalue weighted by Gasteiger charge is 2.13. The van der Waals surface area contributed by atoms with E-state index in [1.54, 1.807) is 7.11 Å². The van der Waals surface area contributed by atoms with Gasteiger partial charge in [0, 0.05) is 29.9 Å². The van der Waals surface area contributed by atoms with Gasteiger partial charge in [0.05, 0.1) is 7.11 Å². The van der Waals surface area contributed by atoms with Gasteiger partial charge in [0.1, 0.15) is 11.6 Å². The van der Waals surface area contributed by atoms with E-state index in [2.05, 4.69) is 38.4 Å². The second-order valence-electron chi connectivity index (χ2n) is 4.17. The maximum absolute atomic E-state index is 5.44. The van der Waals surface area contributed by atoms with Crippen molar-refractivity contribution < 1.29 is 4.74 Å². The zero-order valence-corrected chi connectivity index (χ0v) is 12.8. The Bertz CT molecular complexity index is 598. The first-order valence-electron chi connectivity index (χ1n) is 6.03. The summed E-state index contributed by atoms with van der Waals surface area (Å²) in [5.41, 5.74) is 3.30. The molecule has 2 rings (SSSR count). The average Bonchev–Trinajstić information content (AvgIpc) is 2.80. The van der Waals surface area contributed by atoms with Crippen molar-refractivity contribution in [1.82, 2.24) is 4.98 Å². The van der Waals surface area contributed by atoms with Crippen molar-refractivity contribution in [3.8, 4) is 16.9 Å². The van der Waals surface area contributed by atoms with E-state index in [0.29, 0.717) is 0 Å². The lowest BCUT2D eigenvalue weighted by atomic mass is 10.0. The molecule has 100 valence electrons. The lowest BCUT2D eigenvalue weighted by molar-refractivity contribution is 0.416. The van der Waals surface area contributed by atoms with Crippen LogP contribution >= 0.6 is 15.9 Å². The monoisotopic (exact) mass is 320 g/mol. The minimum absolute atomic E-state index is 0.867. The Balaban J connectivity index is 2.62. The van der Waals surface area contributed by atoms with Crippen molar-refractivity contribution in [2.75, 3.05) is 19.5 Å². The largest absolute Gasteiger partial charge is 0.496 e. The van der Waals surface area contributed by atoms with Crippen LogP contribution in [-0.2, 0) is 0 Å². The number of ether oxygens (including phenoxy) is 1. The molecule has 0 atom stereocenters. The molecule has 4 heteroatoms. The molecule has 1 aromatic heterocycles. The van der Waals surface area contributed by atoms with Gasteiger partial charge >= 0.3 is 0 Å². The maximum Gasteiger partial charge on any atom is 0.126 e. The Morgan fingerprint density at radius 2 is 2.05 bits per heavy atom. The first-order valence-corrected chi connectivity index (χ1v) is 6.83. The highest BCUT2D eigenvalue weighted by Crippen LogP contribution is 2.36. The number of aromatic nitrogens is 1. The number of aromatic amines is 1. The van der Waals surface area contributed by atoms with Gasteiger partial charge in [0.15, 0.2) is 0 Å². The molecule has 0 saturated carbocycles. The molecule has 0 saturated heterocycles. The van der Waals surface area contributed by atoms with Crippen LogP contribution in [0.1, 0.15) is 12.5 Å². The third kappa shape index (κ3) is 2.84. The fourth-order valence-electron chi connectivity index (χ4n) is 2.08. The van der Waals surface area contributed by atoms with Gasteiger partial charge in [0.25, 0.3) is 0 Å². The number of methoxy groups -OCH3 is 1. The second-order valence-corrected chi connectivity index (χ2v) is 5.42. The molecule has 0 aliphatic rings. The van der Waals surface area contributed by atoms with Crippen molar-refractivity contribution in [3.05, 3.63) is 40.5 Å². The summed E-state index contributed by atoms with van der Waals surface area (Å²) in [6.07, 6.45) is 4.08. The van der Waals surface area contributed by atoms with Gasteiger partial charge in [-0.1, -0.05) is 34.1 Å². The fourth-order valence-corrected chi connectivity index (χ4v) is 2.31. The standard InChI is InChI=1S/C15H17BrN2O/c1-10(16)8-12-13(9-18-15(12)17-2)11-6-4-5-7-14(11)19-3/h4-9,17-18H,1-3H3/b10-8+. The smallest absolute Gasteiger partial charge is 0.126 e. The van der Waals surface area contributed by atoms with E-state index in [-0.39, 0.29) is 0 Å². The molecule has 0 radical (unpaired) electrons. The van der Waals surface area contributed by atoms with Crippen molar-refractivity contribution in [2.24, 2.45) is 0 Å². The van der Waals surface area contributed by atoms with E-state index in [1.807, 2.05) is 38.4 Å². The Morgan fingerprint density at radius 3 is 2.68 bits per heavy atom. The highest BCUT2D eigenvalue weighted by atomic mass is 79.9. The number of H-pyrrole nitrogens is 1. The van der Waals surface area contributed by atoms with E-state index >= 15 is 0 Å². The number of hydrogen-bond donors (Lipinski definition) is 2. The number of para-hydroxylation sites is 1. The molecular formula is C15H17BrN2O. The summed E-state index contributed by atoms with van der Waals surface area (Å²) < 4.78 is 6.51. The Labute approximate surface area is 121 Å². The van der Waals surface area contributed by atoms with Gasteiger partial charge in [-0.15, -0.1) is 0 Å². The molecule has 1 aromatic carbocycles. The van der Waals surface area contributed by atoms with Crippen LogP contribution < -0.4 is 10.1 Å². The molecule has 2 aromatic rings. The Morgan fingerprint density at radius 1 is 1.32 bits per heavy atom. The quantitative estimate of drug-likeness (QED) is 0.871. The van der Waals surface area contributed by atoms with Crippen LogP contribution in [0.15, 0.2) is 34.9 Å². The van der Waals surface area contributed by atoms with Gasteiger partial charge in [-0.2, -0.15) is 0 Å². The number of hydrogen-bond acceptors (Lipinski definition) is 2. The van der Waals surface area contributed by atoms with Crippen molar-refractivity contribution >= 4 is 27.8 Å². The topological polar surface area (TPSA) is 37.0 Å². The lowest BCUT2D eigenvalue weighted by Crippen LogP contribution is -1.91. The fraction of sp³-hybridized carbons (Fsp3) is 0.200. The first-order chi connectivity index (χ1) is 9.17. The average molecular weight is 321 g/mol. The van der Waals surface area contributed by atoms with Gasteiger partial charge in [-0.05, 0) is 23.5 Å². The van der Waals surface area contributed by atoms with E-state index in [0.717, 1.165) is 32.7 Å². The molecule has 0 fully saturated rings. The molecule has 0 aliphatic carbocycles. The maximum atomic E-state index is 5.44. The van der Waals surface area contributed by atoms with Crippen LogP contribution in [0.2, 0.25) is 0 Å². The lowest BCUT2D eigenvalue weighted by Gasteiger charge is -2.08.